The van der Waals surface area contributed by atoms with Crippen molar-refractivity contribution in [1.82, 2.24) is 0 Å². The summed E-state index contributed by atoms with van der Waals surface area (Å²) < 4.78 is 0. The summed E-state index contributed by atoms with van der Waals surface area (Å²) in [6, 6.07) is 0. The van der Waals surface area contributed by atoms with E-state index in [1.165, 1.54) is 6.92 Å². The van der Waals surface area contributed by atoms with Crippen molar-refractivity contribution in [3.63, 3.8) is 0 Å². The van der Waals surface area contributed by atoms with E-state index >= 15 is 0 Å². The Balaban J connectivity index is 3.91. The molecule has 0 aromatic carbocycles. The van der Waals surface area contributed by atoms with Crippen LogP contribution in [-0.4, -0.2) is 27.9 Å². The lowest BCUT2D eigenvalue weighted by Crippen LogP contribution is -2.21. The lowest BCUT2D eigenvalue weighted by molar-refractivity contribution is -0.146. The molecule has 0 aliphatic heterocycles. The highest BCUT2D eigenvalue weighted by atomic mass is 16.4. The van der Waals surface area contributed by atoms with Crippen LogP contribution in [0.15, 0.2) is 0 Å². The van der Waals surface area contributed by atoms with Crippen LogP contribution < -0.4 is 0 Å². The van der Waals surface area contributed by atoms with Crippen molar-refractivity contribution in [3.05, 3.63) is 0 Å². The Hall–Kier alpha value is -1.39. The SMILES string of the molecule is CC(=O)C(CCCC(=O)O)C(=O)O. The average Bonchev–Trinajstić information content (AvgIpc) is 1.95. The molecule has 1 atom stereocenters. The molecule has 0 saturated heterocycles. The predicted octanol–water partition coefficient (Wildman–Crippen LogP) is 0.531. The van der Waals surface area contributed by atoms with Gasteiger partial charge in [-0.3, -0.25) is 14.4 Å². The van der Waals surface area contributed by atoms with Gasteiger partial charge in [0.25, 0.3) is 0 Å². The normalized spacial score (nSPS) is 12.1. The van der Waals surface area contributed by atoms with Crippen molar-refractivity contribution in [2.75, 3.05) is 0 Å². The van der Waals surface area contributed by atoms with Gasteiger partial charge in [-0.1, -0.05) is 0 Å². The predicted molar refractivity (Wildman–Crippen MR) is 43.3 cm³/mol. The summed E-state index contributed by atoms with van der Waals surface area (Å²) >= 11 is 0. The monoisotopic (exact) mass is 188 g/mol. The van der Waals surface area contributed by atoms with Crippen molar-refractivity contribution in [2.24, 2.45) is 5.92 Å². The summed E-state index contributed by atoms with van der Waals surface area (Å²) in [6.07, 6.45) is 0.208. The van der Waals surface area contributed by atoms with Gasteiger partial charge >= 0.3 is 11.9 Å². The van der Waals surface area contributed by atoms with Crippen molar-refractivity contribution >= 4 is 17.7 Å². The Morgan fingerprint density at radius 3 is 2.08 bits per heavy atom. The number of ketones is 1. The van der Waals surface area contributed by atoms with Crippen molar-refractivity contribution in [3.8, 4) is 0 Å². The number of carboxylic acid groups (broad SMARTS) is 2. The van der Waals surface area contributed by atoms with Crippen LogP contribution in [0.4, 0.5) is 0 Å². The van der Waals surface area contributed by atoms with Gasteiger partial charge in [-0.15, -0.1) is 0 Å². The molecular weight excluding hydrogens is 176 g/mol. The number of hydrogen-bond donors (Lipinski definition) is 2. The first kappa shape index (κ1) is 11.6. The molecule has 0 aliphatic carbocycles. The lowest BCUT2D eigenvalue weighted by atomic mass is 9.98. The molecular formula is C8H12O5. The zero-order chi connectivity index (χ0) is 10.4. The van der Waals surface area contributed by atoms with Gasteiger partial charge < -0.3 is 10.2 Å². The molecule has 5 heteroatoms. The molecule has 2 N–H and O–H groups in total. The van der Waals surface area contributed by atoms with E-state index in [1.54, 1.807) is 0 Å². The number of rotatable bonds is 6. The first-order valence-electron chi connectivity index (χ1n) is 3.90. The third-order valence-electron chi connectivity index (χ3n) is 1.67. The third-order valence-corrected chi connectivity index (χ3v) is 1.67. The number of carboxylic acids is 2. The van der Waals surface area contributed by atoms with E-state index in [9.17, 15) is 14.4 Å². The summed E-state index contributed by atoms with van der Waals surface area (Å²) in [5, 5.41) is 16.8. The minimum atomic E-state index is -1.18. The fraction of sp³-hybridized carbons (Fsp3) is 0.625. The second-order valence-electron chi connectivity index (χ2n) is 2.79. The fourth-order valence-corrected chi connectivity index (χ4v) is 0.958. The van der Waals surface area contributed by atoms with Crippen LogP contribution in [0.1, 0.15) is 26.2 Å². The number of aliphatic carboxylic acids is 2. The molecule has 0 bridgehead atoms. The number of carbonyl (C=O) groups excluding carboxylic acids is 1. The molecule has 13 heavy (non-hydrogen) atoms. The van der Waals surface area contributed by atoms with Crippen LogP contribution in [-0.2, 0) is 14.4 Å². The smallest absolute Gasteiger partial charge is 0.314 e. The Morgan fingerprint density at radius 1 is 1.23 bits per heavy atom. The van der Waals surface area contributed by atoms with E-state index in [-0.39, 0.29) is 19.3 Å². The number of Topliss-reactive ketones (excluding diaryl/α,β-unsaturated/α-hetero) is 1. The van der Waals surface area contributed by atoms with Crippen molar-refractivity contribution in [2.45, 2.75) is 26.2 Å². The Bertz CT molecular complexity index is 207. The first-order chi connectivity index (χ1) is 5.95. The molecule has 0 fully saturated rings. The van der Waals surface area contributed by atoms with E-state index in [0.717, 1.165) is 0 Å². The highest BCUT2D eigenvalue weighted by Gasteiger charge is 2.21. The molecule has 0 aromatic heterocycles. The molecule has 1 unspecified atom stereocenters. The van der Waals surface area contributed by atoms with Gasteiger partial charge in [0.05, 0.1) is 0 Å². The molecule has 5 nitrogen and oxygen atoms in total. The quantitative estimate of drug-likeness (QED) is 0.593. The molecule has 0 heterocycles. The summed E-state index contributed by atoms with van der Waals surface area (Å²) in [5.41, 5.74) is 0. The molecule has 0 rings (SSSR count). The highest BCUT2D eigenvalue weighted by molar-refractivity contribution is 5.96. The third kappa shape index (κ3) is 4.95. The molecule has 74 valence electrons. The summed E-state index contributed by atoms with van der Waals surface area (Å²) in [4.78, 5) is 31.3. The van der Waals surface area contributed by atoms with Crippen molar-refractivity contribution < 1.29 is 24.6 Å². The van der Waals surface area contributed by atoms with Crippen LogP contribution >= 0.6 is 0 Å². The Kier molecular flexibility index (Phi) is 4.72. The van der Waals surface area contributed by atoms with E-state index in [4.69, 9.17) is 10.2 Å². The molecule has 0 radical (unpaired) electrons. The molecule has 0 saturated carbocycles. The highest BCUT2D eigenvalue weighted by Crippen LogP contribution is 2.09. The largest absolute Gasteiger partial charge is 0.481 e. The Morgan fingerprint density at radius 2 is 1.77 bits per heavy atom. The van der Waals surface area contributed by atoms with Gasteiger partial charge in [0.1, 0.15) is 11.7 Å². The van der Waals surface area contributed by atoms with Crippen LogP contribution in [0.25, 0.3) is 0 Å². The zero-order valence-corrected chi connectivity index (χ0v) is 7.32. The zero-order valence-electron chi connectivity index (χ0n) is 7.32. The molecule has 0 aliphatic rings. The molecule has 0 aromatic rings. The second kappa shape index (κ2) is 5.29. The molecule has 0 amide bonds. The van der Waals surface area contributed by atoms with Crippen molar-refractivity contribution in [1.29, 1.82) is 0 Å². The molecule has 0 spiro atoms. The second-order valence-corrected chi connectivity index (χ2v) is 2.79. The van der Waals surface area contributed by atoms with Gasteiger partial charge in [-0.05, 0) is 19.8 Å². The van der Waals surface area contributed by atoms with E-state index in [1.807, 2.05) is 0 Å². The number of hydrogen-bond acceptors (Lipinski definition) is 3. The van der Waals surface area contributed by atoms with E-state index < -0.39 is 23.6 Å². The maximum absolute atomic E-state index is 10.7. The maximum Gasteiger partial charge on any atom is 0.314 e. The summed E-state index contributed by atoms with van der Waals surface area (Å²) in [7, 11) is 0. The van der Waals surface area contributed by atoms with Gasteiger partial charge in [-0.2, -0.15) is 0 Å². The van der Waals surface area contributed by atoms with E-state index in [2.05, 4.69) is 0 Å². The van der Waals surface area contributed by atoms with Gasteiger partial charge in [0, 0.05) is 6.42 Å². The minimum Gasteiger partial charge on any atom is -0.481 e. The van der Waals surface area contributed by atoms with E-state index in [0.29, 0.717) is 0 Å². The lowest BCUT2D eigenvalue weighted by Gasteiger charge is -2.06. The minimum absolute atomic E-state index is 0.0942. The fourth-order valence-electron chi connectivity index (χ4n) is 0.958. The van der Waals surface area contributed by atoms with Crippen LogP contribution in [0.3, 0.4) is 0 Å². The summed E-state index contributed by atoms with van der Waals surface area (Å²) in [5.74, 6) is -3.65. The average molecular weight is 188 g/mol. The van der Waals surface area contributed by atoms with Gasteiger partial charge in [0.15, 0.2) is 0 Å². The summed E-state index contributed by atoms with van der Waals surface area (Å²) in [6.45, 7) is 1.19. The van der Waals surface area contributed by atoms with Crippen LogP contribution in [0.5, 0.6) is 0 Å². The first-order valence-corrected chi connectivity index (χ1v) is 3.90. The van der Waals surface area contributed by atoms with Crippen LogP contribution in [0.2, 0.25) is 0 Å². The number of carbonyl (C=O) groups is 3. The van der Waals surface area contributed by atoms with Gasteiger partial charge in [0.2, 0.25) is 0 Å². The van der Waals surface area contributed by atoms with Crippen LogP contribution in [0, 0.1) is 5.92 Å². The Labute approximate surface area is 75.4 Å². The topological polar surface area (TPSA) is 91.7 Å². The maximum atomic E-state index is 10.7. The standard InChI is InChI=1S/C8H12O5/c1-5(9)6(8(12)13)3-2-4-7(10)11/h6H,2-4H2,1H3,(H,10,11)(H,12,13). The van der Waals surface area contributed by atoms with Gasteiger partial charge in [-0.25, -0.2) is 0 Å².